The standard InChI is InChI=1S/C29H58O14.C28H56O15/c1-3-5-32-7-9-34-11-13-36-15-17-38-19-21-40-23-25-42-27-28-43-26-24-41-22-20-39-18-16-37-14-12-35-10-8-33-6-4-29(30)31-2;1-31-28(30)2-4-32-6-8-34-10-12-36-14-16-38-18-20-40-22-24-42-26-27-43-25-23-41-21-19-39-17-15-37-13-11-35-9-7-33-5-3-29/h3-28H2,1-2H3;29H,2-27H2,1H3. The first kappa shape index (κ1) is 86.0. The molecule has 0 saturated carbocycles. The number of carbonyl (C=O) groups is 2. The van der Waals surface area contributed by atoms with E-state index in [-0.39, 0.29) is 31.4 Å². The molecule has 516 valence electrons. The van der Waals surface area contributed by atoms with E-state index in [4.69, 9.17) is 119 Å². The molecule has 0 spiro atoms. The molecule has 0 bridgehead atoms. The molecule has 29 nitrogen and oxygen atoms in total. The van der Waals surface area contributed by atoms with E-state index in [0.717, 1.165) is 13.0 Å². The van der Waals surface area contributed by atoms with Crippen LogP contribution in [0, 0.1) is 0 Å². The van der Waals surface area contributed by atoms with Crippen molar-refractivity contribution in [1.29, 1.82) is 0 Å². The molecule has 0 aromatic heterocycles. The van der Waals surface area contributed by atoms with Gasteiger partial charge in [0.25, 0.3) is 0 Å². The summed E-state index contributed by atoms with van der Waals surface area (Å²) in [6, 6.07) is 0. The highest BCUT2D eigenvalue weighted by atomic mass is 16.6. The number of aliphatic hydroxyl groups excluding tert-OH is 1. The molecule has 0 unspecified atom stereocenters. The molecule has 0 aliphatic heterocycles. The lowest BCUT2D eigenvalue weighted by Crippen LogP contribution is -2.15. The molecule has 0 heterocycles. The first-order valence-electron chi connectivity index (χ1n) is 30.2. The number of rotatable bonds is 76. The Hall–Kier alpha value is -2.06. The fraction of sp³-hybridized carbons (Fsp3) is 0.965. The maximum Gasteiger partial charge on any atom is 0.307 e. The molecule has 0 rings (SSSR count). The third kappa shape index (κ3) is 84.0. The number of hydrogen-bond donors (Lipinski definition) is 1. The summed E-state index contributed by atoms with van der Waals surface area (Å²) in [6.45, 7) is 25.8. The average Bonchev–Trinajstić information content (AvgIpc) is 3.52. The second kappa shape index (κ2) is 82.9. The van der Waals surface area contributed by atoms with Crippen LogP contribution in [0.3, 0.4) is 0 Å². The Labute approximate surface area is 512 Å². The number of methoxy groups -OCH3 is 2. The van der Waals surface area contributed by atoms with Gasteiger partial charge in [-0.05, 0) is 6.42 Å². The van der Waals surface area contributed by atoms with Crippen molar-refractivity contribution in [2.75, 3.05) is 338 Å². The monoisotopic (exact) mass is 1260 g/mol. The molecular formula is C57H114O29. The SMILES string of the molecule is CCCOCCOCCOCCOCCOCCOCCOCCOCCOCCOCCOCCOCCC(=O)OC.COC(=O)CCOCCOCCOCCOCCOCCOCCOCCOCCOCCOCCOCCOCCO. The van der Waals surface area contributed by atoms with Crippen molar-refractivity contribution in [1.82, 2.24) is 0 Å². The molecule has 0 amide bonds. The average molecular weight is 1260 g/mol. The van der Waals surface area contributed by atoms with Gasteiger partial charge in [-0.2, -0.15) is 0 Å². The second-order valence-electron chi connectivity index (χ2n) is 17.1. The van der Waals surface area contributed by atoms with Gasteiger partial charge in [0.1, 0.15) is 0 Å². The Bertz CT molecular complexity index is 1150. The van der Waals surface area contributed by atoms with E-state index >= 15 is 0 Å². The molecule has 0 fully saturated rings. The molecule has 29 heteroatoms. The van der Waals surface area contributed by atoms with Crippen molar-refractivity contribution in [3.63, 3.8) is 0 Å². The summed E-state index contributed by atoms with van der Waals surface area (Å²) in [7, 11) is 2.70. The van der Waals surface area contributed by atoms with Gasteiger partial charge >= 0.3 is 11.9 Å². The molecule has 0 saturated heterocycles. The Morgan fingerprint density at radius 3 is 0.430 bits per heavy atom. The minimum Gasteiger partial charge on any atom is -0.469 e. The first-order valence-corrected chi connectivity index (χ1v) is 30.2. The van der Waals surface area contributed by atoms with Gasteiger partial charge in [0, 0.05) is 6.61 Å². The summed E-state index contributed by atoms with van der Waals surface area (Å²) < 4.78 is 138. The first-order chi connectivity index (χ1) is 42.6. The van der Waals surface area contributed by atoms with Crippen molar-refractivity contribution >= 4 is 11.9 Å². The topological polar surface area (TPSA) is 294 Å². The summed E-state index contributed by atoms with van der Waals surface area (Å²) >= 11 is 0. The third-order valence-corrected chi connectivity index (χ3v) is 10.1. The number of esters is 2. The van der Waals surface area contributed by atoms with Crippen LogP contribution in [0.1, 0.15) is 26.2 Å². The van der Waals surface area contributed by atoms with E-state index in [1.807, 2.05) is 0 Å². The van der Waals surface area contributed by atoms with Crippen LogP contribution in [0.15, 0.2) is 0 Å². The van der Waals surface area contributed by atoms with Gasteiger partial charge in [-0.1, -0.05) is 6.92 Å². The Morgan fingerprint density at radius 1 is 0.198 bits per heavy atom. The molecule has 0 radical (unpaired) electrons. The van der Waals surface area contributed by atoms with E-state index in [1.54, 1.807) is 0 Å². The van der Waals surface area contributed by atoms with Crippen molar-refractivity contribution < 1.29 is 138 Å². The second-order valence-corrected chi connectivity index (χ2v) is 17.1. The summed E-state index contributed by atoms with van der Waals surface area (Å²) in [5.74, 6) is -0.573. The zero-order valence-corrected chi connectivity index (χ0v) is 52.6. The lowest BCUT2D eigenvalue weighted by Gasteiger charge is -2.09. The predicted octanol–water partition coefficient (Wildman–Crippen LogP) is 0.900. The van der Waals surface area contributed by atoms with E-state index in [0.29, 0.717) is 311 Å². The van der Waals surface area contributed by atoms with E-state index in [2.05, 4.69) is 16.4 Å². The van der Waals surface area contributed by atoms with Crippen LogP contribution in [-0.2, 0) is 133 Å². The smallest absolute Gasteiger partial charge is 0.307 e. The van der Waals surface area contributed by atoms with Crippen LogP contribution in [-0.4, -0.2) is 355 Å². The highest BCUT2D eigenvalue weighted by Gasteiger charge is 2.03. The molecule has 0 aliphatic carbocycles. The van der Waals surface area contributed by atoms with Crippen LogP contribution >= 0.6 is 0 Å². The summed E-state index contributed by atoms with van der Waals surface area (Å²) in [5.41, 5.74) is 0. The Balaban J connectivity index is 0. The lowest BCUT2D eigenvalue weighted by atomic mass is 10.5. The molecule has 0 atom stereocenters. The van der Waals surface area contributed by atoms with E-state index in [1.165, 1.54) is 14.2 Å². The lowest BCUT2D eigenvalue weighted by molar-refractivity contribution is -0.142. The molecule has 0 aromatic rings. The van der Waals surface area contributed by atoms with Gasteiger partial charge in [0.05, 0.1) is 344 Å². The maximum absolute atomic E-state index is 10.9. The van der Waals surface area contributed by atoms with Gasteiger partial charge < -0.3 is 128 Å². The van der Waals surface area contributed by atoms with Crippen LogP contribution in [0.2, 0.25) is 0 Å². The number of carbonyl (C=O) groups excluding carboxylic acids is 2. The fourth-order valence-electron chi connectivity index (χ4n) is 5.77. The summed E-state index contributed by atoms with van der Waals surface area (Å²) in [6.07, 6.45) is 1.51. The number of aliphatic hydroxyl groups is 1. The van der Waals surface area contributed by atoms with Gasteiger partial charge in [-0.15, -0.1) is 0 Å². The van der Waals surface area contributed by atoms with Crippen LogP contribution in [0.5, 0.6) is 0 Å². The van der Waals surface area contributed by atoms with Gasteiger partial charge in [0.2, 0.25) is 0 Å². The van der Waals surface area contributed by atoms with Crippen molar-refractivity contribution in [2.45, 2.75) is 26.2 Å². The molecule has 1 N–H and O–H groups in total. The van der Waals surface area contributed by atoms with E-state index in [9.17, 15) is 9.59 Å². The zero-order valence-electron chi connectivity index (χ0n) is 52.6. The van der Waals surface area contributed by atoms with Crippen LogP contribution in [0.25, 0.3) is 0 Å². The highest BCUT2D eigenvalue weighted by molar-refractivity contribution is 5.69. The highest BCUT2D eigenvalue weighted by Crippen LogP contribution is 1.93. The molecule has 0 aliphatic rings. The van der Waals surface area contributed by atoms with E-state index < -0.39 is 0 Å². The largest absolute Gasteiger partial charge is 0.469 e. The maximum atomic E-state index is 10.9. The van der Waals surface area contributed by atoms with Crippen LogP contribution in [0.4, 0.5) is 0 Å². The summed E-state index contributed by atoms with van der Waals surface area (Å²) in [4.78, 5) is 21.8. The zero-order chi connectivity index (χ0) is 62.3. The van der Waals surface area contributed by atoms with Crippen LogP contribution < -0.4 is 0 Å². The van der Waals surface area contributed by atoms with Gasteiger partial charge in [-0.25, -0.2) is 0 Å². The Morgan fingerprint density at radius 2 is 0.314 bits per heavy atom. The predicted molar refractivity (Wildman–Crippen MR) is 310 cm³/mol. The quantitative estimate of drug-likeness (QED) is 0.0654. The van der Waals surface area contributed by atoms with Crippen molar-refractivity contribution in [3.8, 4) is 0 Å². The minimum absolute atomic E-state index is 0.0221. The minimum atomic E-state index is -0.288. The van der Waals surface area contributed by atoms with Gasteiger partial charge in [-0.3, -0.25) is 9.59 Å². The van der Waals surface area contributed by atoms with Crippen molar-refractivity contribution in [2.24, 2.45) is 0 Å². The van der Waals surface area contributed by atoms with Gasteiger partial charge in [0.15, 0.2) is 0 Å². The normalized spacial score (nSPS) is 11.4. The molecule has 0 aromatic carbocycles. The third-order valence-electron chi connectivity index (χ3n) is 10.1. The molecule has 86 heavy (non-hydrogen) atoms. The van der Waals surface area contributed by atoms with Crippen molar-refractivity contribution in [3.05, 3.63) is 0 Å². The summed E-state index contributed by atoms with van der Waals surface area (Å²) in [5, 5.41) is 8.57. The Kier molecular flexibility index (Phi) is 82.9. The number of hydrogen-bond acceptors (Lipinski definition) is 29. The fourth-order valence-corrected chi connectivity index (χ4v) is 5.77. The molecular weight excluding hydrogens is 1150 g/mol. The number of ether oxygens (including phenoxy) is 26.